The molecule has 0 aromatic carbocycles. The van der Waals surface area contributed by atoms with E-state index in [2.05, 4.69) is 20.4 Å². The topological polar surface area (TPSA) is 80.3 Å². The van der Waals surface area contributed by atoms with Crippen molar-refractivity contribution in [2.24, 2.45) is 0 Å². The molecule has 0 bridgehead atoms. The highest BCUT2D eigenvalue weighted by molar-refractivity contribution is 5.94. The Morgan fingerprint density at radius 1 is 1.50 bits per heavy atom. The monoisotopic (exact) mass is 249 g/mol. The second kappa shape index (κ2) is 5.48. The quantitative estimate of drug-likeness (QED) is 0.828. The summed E-state index contributed by atoms with van der Waals surface area (Å²) in [6.07, 6.45) is 3.13. The third kappa shape index (κ3) is 3.44. The lowest BCUT2D eigenvalue weighted by Crippen LogP contribution is -2.26. The molecule has 96 valence electrons. The predicted octanol–water partition coefficient (Wildman–Crippen LogP) is 0.830. The van der Waals surface area contributed by atoms with Gasteiger partial charge in [-0.05, 0) is 25.0 Å². The van der Waals surface area contributed by atoms with Gasteiger partial charge < -0.3 is 15.4 Å². The van der Waals surface area contributed by atoms with Crippen molar-refractivity contribution in [3.05, 3.63) is 29.6 Å². The van der Waals surface area contributed by atoms with Crippen LogP contribution in [0.4, 0.5) is 4.79 Å². The van der Waals surface area contributed by atoms with Gasteiger partial charge in [-0.1, -0.05) is 0 Å². The van der Waals surface area contributed by atoms with Crippen LogP contribution in [0, 0.1) is 0 Å². The highest BCUT2D eigenvalue weighted by Gasteiger charge is 2.23. The number of nitrogens with one attached hydrogen (secondary N) is 2. The fraction of sp³-hybridized carbons (Fsp3) is 0.417. The molecular weight excluding hydrogens is 234 g/mol. The predicted molar refractivity (Wildman–Crippen MR) is 64.0 cm³/mol. The van der Waals surface area contributed by atoms with E-state index in [-0.39, 0.29) is 12.5 Å². The number of aromatic nitrogens is 1. The van der Waals surface area contributed by atoms with Crippen molar-refractivity contribution in [2.45, 2.75) is 25.4 Å². The van der Waals surface area contributed by atoms with Gasteiger partial charge in [0.1, 0.15) is 0 Å². The molecule has 0 unspecified atom stereocenters. The maximum absolute atomic E-state index is 11.8. The highest BCUT2D eigenvalue weighted by atomic mass is 16.5. The molecule has 1 aromatic rings. The molecule has 6 heteroatoms. The van der Waals surface area contributed by atoms with Gasteiger partial charge in [0, 0.05) is 17.8 Å². The zero-order chi connectivity index (χ0) is 13.0. The highest BCUT2D eigenvalue weighted by Crippen LogP contribution is 2.19. The minimum Gasteiger partial charge on any atom is -0.453 e. The first-order valence-corrected chi connectivity index (χ1v) is 5.76. The largest absolute Gasteiger partial charge is 0.453 e. The van der Waals surface area contributed by atoms with Crippen molar-refractivity contribution in [1.29, 1.82) is 0 Å². The van der Waals surface area contributed by atoms with Gasteiger partial charge in [-0.15, -0.1) is 0 Å². The van der Waals surface area contributed by atoms with E-state index in [0.717, 1.165) is 12.8 Å². The zero-order valence-electron chi connectivity index (χ0n) is 10.1. The SMILES string of the molecule is COC(=O)NCc1cc(C(=O)NC2CC2)ccn1. The summed E-state index contributed by atoms with van der Waals surface area (Å²) < 4.78 is 4.45. The normalized spacial score (nSPS) is 13.8. The van der Waals surface area contributed by atoms with Crippen LogP contribution in [0.1, 0.15) is 28.9 Å². The van der Waals surface area contributed by atoms with E-state index in [9.17, 15) is 9.59 Å². The molecule has 1 aliphatic carbocycles. The summed E-state index contributed by atoms with van der Waals surface area (Å²) in [6, 6.07) is 3.63. The van der Waals surface area contributed by atoms with Crippen molar-refractivity contribution in [1.82, 2.24) is 15.6 Å². The molecule has 2 N–H and O–H groups in total. The molecule has 1 fully saturated rings. The number of pyridine rings is 1. The second-order valence-corrected chi connectivity index (χ2v) is 4.13. The summed E-state index contributed by atoms with van der Waals surface area (Å²) in [5.41, 5.74) is 1.17. The van der Waals surface area contributed by atoms with Crippen molar-refractivity contribution in [3.8, 4) is 0 Å². The number of carbonyl (C=O) groups excluding carboxylic acids is 2. The van der Waals surface area contributed by atoms with Gasteiger partial charge in [0.15, 0.2) is 0 Å². The lowest BCUT2D eigenvalue weighted by atomic mass is 10.2. The minimum absolute atomic E-state index is 0.0979. The second-order valence-electron chi connectivity index (χ2n) is 4.13. The fourth-order valence-corrected chi connectivity index (χ4v) is 1.45. The third-order valence-corrected chi connectivity index (χ3v) is 2.59. The van der Waals surface area contributed by atoms with Crippen molar-refractivity contribution in [2.75, 3.05) is 7.11 Å². The van der Waals surface area contributed by atoms with Gasteiger partial charge >= 0.3 is 6.09 Å². The standard InChI is InChI=1S/C12H15N3O3/c1-18-12(17)14-7-10-6-8(4-5-13-10)11(16)15-9-2-3-9/h4-6,9H,2-3,7H2,1H3,(H,14,17)(H,15,16). The molecular formula is C12H15N3O3. The molecule has 0 atom stereocenters. The van der Waals surface area contributed by atoms with Crippen molar-refractivity contribution < 1.29 is 14.3 Å². The van der Waals surface area contributed by atoms with Crippen LogP contribution in [-0.4, -0.2) is 30.1 Å². The first kappa shape index (κ1) is 12.3. The molecule has 0 spiro atoms. The van der Waals surface area contributed by atoms with E-state index in [1.165, 1.54) is 7.11 Å². The molecule has 0 aliphatic heterocycles. The van der Waals surface area contributed by atoms with Crippen molar-refractivity contribution in [3.63, 3.8) is 0 Å². The van der Waals surface area contributed by atoms with E-state index in [1.54, 1.807) is 18.3 Å². The summed E-state index contributed by atoms with van der Waals surface area (Å²) >= 11 is 0. The van der Waals surface area contributed by atoms with E-state index in [4.69, 9.17) is 0 Å². The van der Waals surface area contributed by atoms with Crippen LogP contribution in [0.15, 0.2) is 18.3 Å². The lowest BCUT2D eigenvalue weighted by Gasteiger charge is -2.06. The van der Waals surface area contributed by atoms with Crippen LogP contribution >= 0.6 is 0 Å². The first-order chi connectivity index (χ1) is 8.69. The number of rotatable bonds is 4. The Bertz CT molecular complexity index is 458. The number of hydrogen-bond donors (Lipinski definition) is 2. The molecule has 0 saturated heterocycles. The number of ether oxygens (including phenoxy) is 1. The van der Waals surface area contributed by atoms with Gasteiger partial charge in [-0.25, -0.2) is 4.79 Å². The van der Waals surface area contributed by atoms with Gasteiger partial charge in [0.2, 0.25) is 0 Å². The smallest absolute Gasteiger partial charge is 0.407 e. The maximum atomic E-state index is 11.8. The molecule has 1 saturated carbocycles. The minimum atomic E-state index is -0.523. The average molecular weight is 249 g/mol. The summed E-state index contributed by atoms with van der Waals surface area (Å²) in [7, 11) is 1.29. The van der Waals surface area contributed by atoms with Crippen LogP contribution in [0.25, 0.3) is 0 Å². The van der Waals surface area contributed by atoms with E-state index in [1.807, 2.05) is 0 Å². The van der Waals surface area contributed by atoms with Gasteiger partial charge in [-0.3, -0.25) is 9.78 Å². The Morgan fingerprint density at radius 2 is 2.28 bits per heavy atom. The summed E-state index contributed by atoms with van der Waals surface area (Å²) in [4.78, 5) is 26.8. The van der Waals surface area contributed by atoms with E-state index in [0.29, 0.717) is 17.3 Å². The average Bonchev–Trinajstić information content (AvgIpc) is 3.20. The summed E-state index contributed by atoms with van der Waals surface area (Å²) in [6.45, 7) is 0.233. The molecule has 6 nitrogen and oxygen atoms in total. The molecule has 18 heavy (non-hydrogen) atoms. The van der Waals surface area contributed by atoms with Crippen LogP contribution in [-0.2, 0) is 11.3 Å². The molecule has 1 heterocycles. The number of alkyl carbamates (subject to hydrolysis) is 1. The lowest BCUT2D eigenvalue weighted by molar-refractivity contribution is 0.0951. The third-order valence-electron chi connectivity index (χ3n) is 2.59. The Labute approximate surface area is 105 Å². The van der Waals surface area contributed by atoms with Crippen LogP contribution in [0.5, 0.6) is 0 Å². The number of methoxy groups -OCH3 is 1. The molecule has 2 amide bonds. The number of hydrogen-bond acceptors (Lipinski definition) is 4. The van der Waals surface area contributed by atoms with E-state index >= 15 is 0 Å². The summed E-state index contributed by atoms with van der Waals surface area (Å²) in [5, 5.41) is 5.41. The molecule has 1 aliphatic rings. The zero-order valence-corrected chi connectivity index (χ0v) is 10.1. The number of carbonyl (C=O) groups is 2. The Hall–Kier alpha value is -2.11. The summed E-state index contributed by atoms with van der Waals surface area (Å²) in [5.74, 6) is -0.0979. The van der Waals surface area contributed by atoms with Gasteiger partial charge in [0.25, 0.3) is 5.91 Å². The first-order valence-electron chi connectivity index (χ1n) is 5.76. The Balaban J connectivity index is 1.95. The van der Waals surface area contributed by atoms with Crippen LogP contribution in [0.2, 0.25) is 0 Å². The molecule has 2 rings (SSSR count). The van der Waals surface area contributed by atoms with E-state index < -0.39 is 6.09 Å². The molecule has 0 radical (unpaired) electrons. The van der Waals surface area contributed by atoms with Crippen LogP contribution < -0.4 is 10.6 Å². The Morgan fingerprint density at radius 3 is 2.94 bits per heavy atom. The number of nitrogens with zero attached hydrogens (tertiary/aromatic N) is 1. The van der Waals surface area contributed by atoms with Crippen LogP contribution in [0.3, 0.4) is 0 Å². The van der Waals surface area contributed by atoms with Gasteiger partial charge in [-0.2, -0.15) is 0 Å². The molecule has 1 aromatic heterocycles. The maximum Gasteiger partial charge on any atom is 0.407 e. The van der Waals surface area contributed by atoms with Gasteiger partial charge in [0.05, 0.1) is 19.3 Å². The van der Waals surface area contributed by atoms with Crippen molar-refractivity contribution >= 4 is 12.0 Å². The number of amides is 2. The Kier molecular flexibility index (Phi) is 3.76. The fourth-order valence-electron chi connectivity index (χ4n) is 1.45.